The molecule has 0 saturated carbocycles. The first-order valence-corrected chi connectivity index (χ1v) is 6.00. The van der Waals surface area contributed by atoms with Crippen LogP contribution in [0.5, 0.6) is 0 Å². The molecule has 3 nitrogen and oxygen atoms in total. The Morgan fingerprint density at radius 1 is 1.29 bits per heavy atom. The Hall–Kier alpha value is -1.00. The number of Topliss-reactive ketones (excluding diaryl/α,β-unsaturated/α-hetero) is 1. The Balaban J connectivity index is 0. The number of hydrogen-bond acceptors (Lipinski definition) is 2. The molecule has 1 atom stereocenters. The number of likely N-dealkylation sites (tertiary alicyclic amines) is 1. The molecule has 5 heteroatoms. The fraction of sp³-hybridized carbons (Fsp3) is 0.833. The number of rotatable bonds is 2. The van der Waals surface area contributed by atoms with Gasteiger partial charge in [-0.3, -0.25) is 9.59 Å². The Morgan fingerprint density at radius 2 is 1.76 bits per heavy atom. The fourth-order valence-electron chi connectivity index (χ4n) is 1.69. The van der Waals surface area contributed by atoms with E-state index >= 15 is 0 Å². The fourth-order valence-corrected chi connectivity index (χ4v) is 1.69. The lowest BCUT2D eigenvalue weighted by atomic mass is 10.1. The van der Waals surface area contributed by atoms with Crippen LogP contribution in [0.25, 0.3) is 0 Å². The molecular formula is C12H23F2NO2. The molecule has 0 aromatic carbocycles. The summed E-state index contributed by atoms with van der Waals surface area (Å²) in [5.41, 5.74) is 0. The summed E-state index contributed by atoms with van der Waals surface area (Å²) < 4.78 is 19.2. The molecule has 0 aromatic rings. The van der Waals surface area contributed by atoms with Gasteiger partial charge < -0.3 is 4.90 Å². The predicted octanol–water partition coefficient (Wildman–Crippen LogP) is 2.89. The van der Waals surface area contributed by atoms with Crippen molar-refractivity contribution in [3.05, 3.63) is 0 Å². The van der Waals surface area contributed by atoms with Crippen LogP contribution in [0.2, 0.25) is 0 Å². The molecule has 0 bridgehead atoms. The molecule has 102 valence electrons. The van der Waals surface area contributed by atoms with Crippen molar-refractivity contribution >= 4 is 11.7 Å². The van der Waals surface area contributed by atoms with E-state index in [0.717, 1.165) is 19.4 Å². The minimum atomic E-state index is -1.75. The minimum Gasteiger partial charge on any atom is -0.333 e. The number of ketones is 1. The predicted molar refractivity (Wildman–Crippen MR) is 64.1 cm³/mol. The maximum absolute atomic E-state index is 11.3. The summed E-state index contributed by atoms with van der Waals surface area (Å²) in [6.45, 7) is 6.40. The molecule has 0 spiro atoms. The number of amides is 1. The smallest absolute Gasteiger partial charge is 0.229 e. The van der Waals surface area contributed by atoms with Crippen LogP contribution in [-0.2, 0) is 9.59 Å². The minimum absolute atomic E-state index is 0.104. The molecule has 0 aliphatic carbocycles. The number of halogens is 2. The molecule has 1 unspecified atom stereocenters. The average Bonchev–Trinajstić information content (AvgIpc) is 2.81. The molecular weight excluding hydrogens is 228 g/mol. The van der Waals surface area contributed by atoms with Crippen LogP contribution in [0, 0.1) is 0 Å². The van der Waals surface area contributed by atoms with Gasteiger partial charge in [-0.15, -0.1) is 0 Å². The summed E-state index contributed by atoms with van der Waals surface area (Å²) in [6, 6.07) is -0.127. The largest absolute Gasteiger partial charge is 0.333 e. The van der Waals surface area contributed by atoms with Crippen molar-refractivity contribution < 1.29 is 18.4 Å². The Morgan fingerprint density at radius 3 is 2.12 bits per heavy atom. The van der Waals surface area contributed by atoms with Gasteiger partial charge in [0, 0.05) is 13.0 Å². The van der Waals surface area contributed by atoms with Gasteiger partial charge in [-0.2, -0.15) is 0 Å². The molecule has 0 aromatic heterocycles. The monoisotopic (exact) mass is 251 g/mol. The van der Waals surface area contributed by atoms with Crippen molar-refractivity contribution in [2.24, 2.45) is 0 Å². The number of nitrogens with zero attached hydrogens (tertiary/aromatic N) is 1. The Kier molecular flexibility index (Phi) is 12.4. The lowest BCUT2D eigenvalue weighted by molar-refractivity contribution is -0.136. The van der Waals surface area contributed by atoms with Crippen molar-refractivity contribution in [3.8, 4) is 0 Å². The molecule has 0 radical (unpaired) electrons. The Bertz CT molecular complexity index is 223. The second-order valence-electron chi connectivity index (χ2n) is 3.31. The van der Waals surface area contributed by atoms with E-state index in [2.05, 4.69) is 0 Å². The SMILES string of the molecule is CC.CCC(=O)N1CCCC1C(C)=O.FCF. The van der Waals surface area contributed by atoms with Crippen molar-refractivity contribution in [3.63, 3.8) is 0 Å². The van der Waals surface area contributed by atoms with Crippen LogP contribution in [0.15, 0.2) is 0 Å². The van der Waals surface area contributed by atoms with Crippen LogP contribution in [0.3, 0.4) is 0 Å². The van der Waals surface area contributed by atoms with Crippen molar-refractivity contribution in [2.75, 3.05) is 13.5 Å². The van der Waals surface area contributed by atoms with Crippen LogP contribution in [0.4, 0.5) is 8.78 Å². The second kappa shape index (κ2) is 11.5. The summed E-state index contributed by atoms with van der Waals surface area (Å²) in [6.07, 6.45) is 2.32. The molecule has 1 aliphatic rings. The van der Waals surface area contributed by atoms with Crippen LogP contribution in [0.1, 0.15) is 47.0 Å². The highest BCUT2D eigenvalue weighted by atomic mass is 19.3. The summed E-state index contributed by atoms with van der Waals surface area (Å²) >= 11 is 0. The van der Waals surface area contributed by atoms with E-state index in [4.69, 9.17) is 0 Å². The average molecular weight is 251 g/mol. The van der Waals surface area contributed by atoms with Crippen molar-refractivity contribution in [1.29, 1.82) is 0 Å². The van der Waals surface area contributed by atoms with E-state index in [9.17, 15) is 18.4 Å². The lowest BCUT2D eigenvalue weighted by Gasteiger charge is -2.21. The van der Waals surface area contributed by atoms with E-state index in [0.29, 0.717) is 6.42 Å². The maximum atomic E-state index is 11.3. The van der Waals surface area contributed by atoms with Crippen molar-refractivity contribution in [1.82, 2.24) is 4.90 Å². The van der Waals surface area contributed by atoms with Gasteiger partial charge in [0.25, 0.3) is 0 Å². The zero-order valence-corrected chi connectivity index (χ0v) is 11.1. The van der Waals surface area contributed by atoms with E-state index in [-0.39, 0.29) is 17.7 Å². The first-order chi connectivity index (χ1) is 8.08. The van der Waals surface area contributed by atoms with Gasteiger partial charge in [-0.05, 0) is 19.8 Å². The number of carbonyl (C=O) groups excluding carboxylic acids is 2. The highest BCUT2D eigenvalue weighted by Gasteiger charge is 2.30. The summed E-state index contributed by atoms with van der Waals surface area (Å²) in [7, 11) is 0. The summed E-state index contributed by atoms with van der Waals surface area (Å²) in [4.78, 5) is 24.1. The highest BCUT2D eigenvalue weighted by molar-refractivity contribution is 5.87. The Labute approximate surface area is 102 Å². The third-order valence-corrected chi connectivity index (χ3v) is 2.34. The molecule has 1 aliphatic heterocycles. The first-order valence-electron chi connectivity index (χ1n) is 6.00. The van der Waals surface area contributed by atoms with Gasteiger partial charge in [-0.1, -0.05) is 20.8 Å². The molecule has 1 rings (SSSR count). The van der Waals surface area contributed by atoms with E-state index in [1.807, 2.05) is 20.8 Å². The van der Waals surface area contributed by atoms with Gasteiger partial charge in [0.1, 0.15) is 0 Å². The molecule has 1 fully saturated rings. The number of hydrogen-bond donors (Lipinski definition) is 0. The van der Waals surface area contributed by atoms with Crippen LogP contribution < -0.4 is 0 Å². The quantitative estimate of drug-likeness (QED) is 0.756. The molecule has 1 saturated heterocycles. The second-order valence-corrected chi connectivity index (χ2v) is 3.31. The highest BCUT2D eigenvalue weighted by Crippen LogP contribution is 2.18. The zero-order chi connectivity index (χ0) is 13.8. The zero-order valence-electron chi connectivity index (χ0n) is 11.1. The molecule has 17 heavy (non-hydrogen) atoms. The third kappa shape index (κ3) is 7.02. The van der Waals surface area contributed by atoms with Gasteiger partial charge in [0.05, 0.1) is 6.04 Å². The van der Waals surface area contributed by atoms with Gasteiger partial charge >= 0.3 is 0 Å². The standard InChI is InChI=1S/C9H15NO2.C2H6.CH2F2/c1-3-9(12)10-6-4-5-8(10)7(2)11;1-2;2-1-3/h8H,3-6H2,1-2H3;1-2H3;1H2. The lowest BCUT2D eigenvalue weighted by Crippen LogP contribution is -2.39. The summed E-state index contributed by atoms with van der Waals surface area (Å²) in [5, 5.41) is 0. The maximum Gasteiger partial charge on any atom is 0.229 e. The molecule has 1 heterocycles. The van der Waals surface area contributed by atoms with Crippen molar-refractivity contribution in [2.45, 2.75) is 53.0 Å². The molecule has 0 N–H and O–H groups in total. The third-order valence-electron chi connectivity index (χ3n) is 2.34. The van der Waals surface area contributed by atoms with Crippen LogP contribution in [-0.4, -0.2) is 36.1 Å². The first kappa shape index (κ1) is 18.4. The van der Waals surface area contributed by atoms with Gasteiger partial charge in [0.15, 0.2) is 5.78 Å². The van der Waals surface area contributed by atoms with Gasteiger partial charge in [-0.25, -0.2) is 8.78 Å². The number of carbonyl (C=O) groups is 2. The summed E-state index contributed by atoms with van der Waals surface area (Å²) in [5.74, 6) is 0.224. The van der Waals surface area contributed by atoms with E-state index in [1.165, 1.54) is 0 Å². The topological polar surface area (TPSA) is 37.4 Å². The van der Waals surface area contributed by atoms with Gasteiger partial charge in [0.2, 0.25) is 12.8 Å². The molecule has 1 amide bonds. The van der Waals surface area contributed by atoms with E-state index < -0.39 is 6.93 Å². The van der Waals surface area contributed by atoms with E-state index in [1.54, 1.807) is 11.8 Å². The van der Waals surface area contributed by atoms with Crippen LogP contribution >= 0.6 is 0 Å². The normalized spacial score (nSPS) is 17.5. The number of alkyl halides is 2.